The first-order valence-electron chi connectivity index (χ1n) is 13.0. The van der Waals surface area contributed by atoms with Crippen LogP contribution in [0.3, 0.4) is 0 Å². The molecule has 7 heteroatoms. The van der Waals surface area contributed by atoms with Gasteiger partial charge < -0.3 is 15.5 Å². The van der Waals surface area contributed by atoms with E-state index >= 15 is 0 Å². The van der Waals surface area contributed by atoms with Gasteiger partial charge in [-0.3, -0.25) is 9.79 Å². The predicted octanol–water partition coefficient (Wildman–Crippen LogP) is 7.16. The molecule has 1 heterocycles. The van der Waals surface area contributed by atoms with Crippen molar-refractivity contribution < 1.29 is 18.3 Å². The highest BCUT2D eigenvalue weighted by molar-refractivity contribution is 6.15. The fraction of sp³-hybridized carbons (Fsp3) is 0.281. The Balaban J connectivity index is 1.51. The Morgan fingerprint density at radius 1 is 1.23 bits per heavy atom. The van der Waals surface area contributed by atoms with Gasteiger partial charge in [0.1, 0.15) is 6.61 Å². The van der Waals surface area contributed by atoms with E-state index in [-0.39, 0.29) is 42.0 Å². The summed E-state index contributed by atoms with van der Waals surface area (Å²) in [6, 6.07) is 8.40. The normalized spacial score (nSPS) is 16.4. The number of ketones is 1. The molecule has 0 saturated heterocycles. The van der Waals surface area contributed by atoms with Gasteiger partial charge in [-0.15, -0.1) is 6.42 Å². The van der Waals surface area contributed by atoms with Gasteiger partial charge in [0.25, 0.3) is 0 Å². The maximum atomic E-state index is 15.0. The molecule has 4 rings (SSSR count). The van der Waals surface area contributed by atoms with E-state index in [9.17, 15) is 13.6 Å². The van der Waals surface area contributed by atoms with Crippen molar-refractivity contribution in [3.63, 3.8) is 0 Å². The SMILES string of the molecule is C#CCOc1ccc(C2=CN=C3C(Nc4ccc(C(=O)CC(=N)[C@H](C)CC)c(CC)c4)=CC=CC23)c(F)c1F. The Morgan fingerprint density at radius 3 is 2.74 bits per heavy atom. The van der Waals surface area contributed by atoms with E-state index < -0.39 is 11.6 Å². The number of nitrogens with one attached hydrogen (secondary N) is 2. The molecule has 39 heavy (non-hydrogen) atoms. The van der Waals surface area contributed by atoms with Crippen molar-refractivity contribution in [2.24, 2.45) is 16.8 Å². The number of aliphatic imine (C=N–C) groups is 1. The minimum absolute atomic E-state index is 0.0532. The molecular formula is C32H31F2N3O2. The van der Waals surface area contributed by atoms with Crippen molar-refractivity contribution in [3.8, 4) is 18.1 Å². The number of ether oxygens (including phenoxy) is 1. The van der Waals surface area contributed by atoms with Crippen LogP contribution in [0.15, 0.2) is 65.4 Å². The number of rotatable bonds is 11. The molecule has 0 spiro atoms. The third-order valence-electron chi connectivity index (χ3n) is 7.11. The summed E-state index contributed by atoms with van der Waals surface area (Å²) in [5, 5.41) is 11.6. The number of fused-ring (bicyclic) bond motifs is 1. The Bertz CT molecular complexity index is 1480. The molecule has 0 fully saturated rings. The lowest BCUT2D eigenvalue weighted by molar-refractivity contribution is 0.0998. The highest BCUT2D eigenvalue weighted by Gasteiger charge is 2.31. The first-order valence-corrected chi connectivity index (χ1v) is 13.0. The zero-order chi connectivity index (χ0) is 28.1. The van der Waals surface area contributed by atoms with Crippen molar-refractivity contribution in [3.05, 3.63) is 88.8 Å². The molecular weight excluding hydrogens is 496 g/mol. The van der Waals surface area contributed by atoms with Gasteiger partial charge >= 0.3 is 0 Å². The minimum atomic E-state index is -1.09. The fourth-order valence-electron chi connectivity index (χ4n) is 4.64. The molecule has 1 unspecified atom stereocenters. The first kappa shape index (κ1) is 27.7. The molecule has 0 radical (unpaired) electrons. The van der Waals surface area contributed by atoms with Gasteiger partial charge in [-0.25, -0.2) is 4.39 Å². The first-order chi connectivity index (χ1) is 18.8. The molecule has 2 aliphatic rings. The van der Waals surface area contributed by atoms with Crippen molar-refractivity contribution >= 4 is 28.5 Å². The average molecular weight is 528 g/mol. The number of anilines is 1. The second-order valence-electron chi connectivity index (χ2n) is 9.56. The van der Waals surface area contributed by atoms with Crippen LogP contribution < -0.4 is 10.1 Å². The van der Waals surface area contributed by atoms with Crippen LogP contribution in [-0.4, -0.2) is 23.8 Å². The van der Waals surface area contributed by atoms with E-state index in [2.05, 4.69) is 16.2 Å². The number of terminal acetylenes is 1. The number of halogens is 2. The summed E-state index contributed by atoms with van der Waals surface area (Å²) >= 11 is 0. The maximum absolute atomic E-state index is 15.0. The van der Waals surface area contributed by atoms with Crippen molar-refractivity contribution in [2.75, 3.05) is 11.9 Å². The van der Waals surface area contributed by atoms with Crippen molar-refractivity contribution in [2.45, 2.75) is 40.0 Å². The number of allylic oxidation sites excluding steroid dienone is 5. The zero-order valence-corrected chi connectivity index (χ0v) is 22.3. The minimum Gasteiger partial charge on any atom is -0.478 e. The van der Waals surface area contributed by atoms with Gasteiger partial charge in [-0.05, 0) is 66.3 Å². The van der Waals surface area contributed by atoms with Crippen LogP contribution >= 0.6 is 0 Å². The Labute approximate surface area is 227 Å². The monoisotopic (exact) mass is 527 g/mol. The highest BCUT2D eigenvalue weighted by Crippen LogP contribution is 2.38. The van der Waals surface area contributed by atoms with Gasteiger partial charge in [-0.1, -0.05) is 38.8 Å². The number of benzene rings is 2. The molecule has 2 aromatic rings. The van der Waals surface area contributed by atoms with Crippen molar-refractivity contribution in [1.82, 2.24) is 0 Å². The lowest BCUT2D eigenvalue weighted by Crippen LogP contribution is -2.21. The van der Waals surface area contributed by atoms with Crippen LogP contribution in [0.1, 0.15) is 55.1 Å². The number of hydrogen-bond acceptors (Lipinski definition) is 5. The molecule has 200 valence electrons. The standard InChI is InChI=1S/C32H31F2N3O2/c1-5-15-39-29-14-13-23(30(33)31(29)34)25-18-36-32-24(25)9-8-10-27(32)37-21-11-12-22(20(7-3)16-21)28(38)17-26(35)19(4)6-2/h1,8-14,16,18-19,24,35,37H,6-7,15,17H2,2-4H3/t19-,24?/m1/s1. The van der Waals surface area contributed by atoms with Gasteiger partial charge in [0.15, 0.2) is 17.3 Å². The lowest BCUT2D eigenvalue weighted by Gasteiger charge is -2.22. The summed E-state index contributed by atoms with van der Waals surface area (Å²) in [5.41, 5.74) is 4.79. The molecule has 0 amide bonds. The van der Waals surface area contributed by atoms with Crippen LogP contribution in [-0.2, 0) is 6.42 Å². The summed E-state index contributed by atoms with van der Waals surface area (Å²) in [6.45, 7) is 5.80. The Morgan fingerprint density at radius 2 is 2.03 bits per heavy atom. The summed E-state index contributed by atoms with van der Waals surface area (Å²) in [4.78, 5) is 17.4. The van der Waals surface area contributed by atoms with E-state index in [0.29, 0.717) is 29.0 Å². The number of hydrogen-bond donors (Lipinski definition) is 2. The van der Waals surface area contributed by atoms with Gasteiger partial charge in [0.2, 0.25) is 5.82 Å². The van der Waals surface area contributed by atoms with E-state index in [1.165, 1.54) is 12.1 Å². The molecule has 0 aromatic heterocycles. The summed E-state index contributed by atoms with van der Waals surface area (Å²) < 4.78 is 34.7. The average Bonchev–Trinajstić information content (AvgIpc) is 3.38. The van der Waals surface area contributed by atoms with Crippen LogP contribution in [0.5, 0.6) is 5.75 Å². The lowest BCUT2D eigenvalue weighted by atomic mass is 9.86. The van der Waals surface area contributed by atoms with Crippen LogP contribution in [0.2, 0.25) is 0 Å². The Hall–Kier alpha value is -4.31. The number of nitrogens with zero attached hydrogens (tertiary/aromatic N) is 1. The molecule has 1 aliphatic heterocycles. The second kappa shape index (κ2) is 12.0. The number of aryl methyl sites for hydroxylation is 1. The third kappa shape index (κ3) is 5.75. The maximum Gasteiger partial charge on any atom is 0.201 e. The third-order valence-corrected chi connectivity index (χ3v) is 7.11. The molecule has 2 N–H and O–H groups in total. The molecule has 2 atom stereocenters. The van der Waals surface area contributed by atoms with E-state index in [1.54, 1.807) is 12.3 Å². The smallest absolute Gasteiger partial charge is 0.201 e. The van der Waals surface area contributed by atoms with Crippen LogP contribution in [0.4, 0.5) is 14.5 Å². The molecule has 0 bridgehead atoms. The molecule has 2 aromatic carbocycles. The molecule has 1 aliphatic carbocycles. The quantitative estimate of drug-likeness (QED) is 0.185. The van der Waals surface area contributed by atoms with Gasteiger partial charge in [-0.2, -0.15) is 4.39 Å². The van der Waals surface area contributed by atoms with Gasteiger partial charge in [0.05, 0.1) is 11.4 Å². The van der Waals surface area contributed by atoms with Crippen LogP contribution in [0.25, 0.3) is 5.57 Å². The fourth-order valence-corrected chi connectivity index (χ4v) is 4.64. The number of Topliss-reactive ketones (excluding diaryl/α,β-unsaturated/α-hetero) is 1. The summed E-state index contributed by atoms with van der Waals surface area (Å²) in [7, 11) is 0. The highest BCUT2D eigenvalue weighted by atomic mass is 19.2. The summed E-state index contributed by atoms with van der Waals surface area (Å²) in [5.74, 6) is -0.440. The Kier molecular flexibility index (Phi) is 8.55. The molecule has 0 saturated carbocycles. The van der Waals surface area contributed by atoms with E-state index in [0.717, 1.165) is 23.4 Å². The molecule has 5 nitrogen and oxygen atoms in total. The van der Waals surface area contributed by atoms with Crippen LogP contribution in [0, 0.1) is 41.2 Å². The number of carbonyl (C=O) groups is 1. The van der Waals surface area contributed by atoms with Crippen molar-refractivity contribution in [1.29, 1.82) is 5.41 Å². The van der Waals surface area contributed by atoms with E-state index in [4.69, 9.17) is 16.6 Å². The van der Waals surface area contributed by atoms with E-state index in [1.807, 2.05) is 51.1 Å². The second-order valence-corrected chi connectivity index (χ2v) is 9.56. The number of carbonyl (C=O) groups excluding carboxylic acids is 1. The largest absolute Gasteiger partial charge is 0.478 e. The zero-order valence-electron chi connectivity index (χ0n) is 22.3. The van der Waals surface area contributed by atoms with Gasteiger partial charge in [0, 0.05) is 41.1 Å². The predicted molar refractivity (Wildman–Crippen MR) is 152 cm³/mol. The topological polar surface area (TPSA) is 74.5 Å². The summed E-state index contributed by atoms with van der Waals surface area (Å²) in [6.07, 6.45) is 13.9.